The number of aryl methyl sites for hydroxylation is 1. The summed E-state index contributed by atoms with van der Waals surface area (Å²) in [6.45, 7) is 5.47. The number of hydrogen-bond donors (Lipinski definition) is 1. The monoisotopic (exact) mass is 271 g/mol. The van der Waals surface area contributed by atoms with Crippen molar-refractivity contribution in [3.63, 3.8) is 0 Å². The first-order valence-electron chi connectivity index (χ1n) is 7.04. The van der Waals surface area contributed by atoms with Gasteiger partial charge in [-0.2, -0.15) is 4.98 Å². The van der Waals surface area contributed by atoms with Crippen LogP contribution in [0.2, 0.25) is 0 Å². The van der Waals surface area contributed by atoms with Crippen LogP contribution in [0.25, 0.3) is 0 Å². The number of rotatable bonds is 7. The standard InChI is InChI=1S/C16H21N3O/c1-3-11-20-16-12-15(18-13(2)19-16)17-10-9-14-7-5-4-6-8-14/h4-8,12H,3,9-11H2,1-2H3,(H,17,18,19). The largest absolute Gasteiger partial charge is 0.478 e. The van der Waals surface area contributed by atoms with Crippen molar-refractivity contribution in [2.45, 2.75) is 26.7 Å². The van der Waals surface area contributed by atoms with Crippen molar-refractivity contribution in [2.75, 3.05) is 18.5 Å². The molecule has 1 aromatic carbocycles. The maximum Gasteiger partial charge on any atom is 0.218 e. The second-order valence-electron chi connectivity index (χ2n) is 4.65. The maximum absolute atomic E-state index is 5.55. The molecule has 0 fully saturated rings. The van der Waals surface area contributed by atoms with Gasteiger partial charge in [0.05, 0.1) is 6.61 Å². The zero-order chi connectivity index (χ0) is 14.2. The molecule has 1 aromatic heterocycles. The number of nitrogens with one attached hydrogen (secondary N) is 1. The lowest BCUT2D eigenvalue weighted by Gasteiger charge is -2.09. The average Bonchev–Trinajstić information content (AvgIpc) is 2.46. The van der Waals surface area contributed by atoms with Crippen LogP contribution < -0.4 is 10.1 Å². The van der Waals surface area contributed by atoms with E-state index in [1.54, 1.807) is 0 Å². The lowest BCUT2D eigenvalue weighted by molar-refractivity contribution is 0.304. The molecule has 20 heavy (non-hydrogen) atoms. The van der Waals surface area contributed by atoms with Crippen molar-refractivity contribution in [2.24, 2.45) is 0 Å². The van der Waals surface area contributed by atoms with Crippen molar-refractivity contribution >= 4 is 5.82 Å². The van der Waals surface area contributed by atoms with Crippen molar-refractivity contribution in [1.29, 1.82) is 0 Å². The van der Waals surface area contributed by atoms with Crippen molar-refractivity contribution in [1.82, 2.24) is 9.97 Å². The number of nitrogens with zero attached hydrogens (tertiary/aromatic N) is 2. The fourth-order valence-corrected chi connectivity index (χ4v) is 1.89. The molecular formula is C16H21N3O. The Labute approximate surface area is 120 Å². The van der Waals surface area contributed by atoms with E-state index in [0.717, 1.165) is 31.0 Å². The van der Waals surface area contributed by atoms with Gasteiger partial charge in [0.1, 0.15) is 11.6 Å². The fourth-order valence-electron chi connectivity index (χ4n) is 1.89. The molecule has 0 spiro atoms. The zero-order valence-electron chi connectivity index (χ0n) is 12.1. The van der Waals surface area contributed by atoms with Gasteiger partial charge >= 0.3 is 0 Å². The molecule has 2 aromatic rings. The normalized spacial score (nSPS) is 10.3. The highest BCUT2D eigenvalue weighted by Gasteiger charge is 2.02. The van der Waals surface area contributed by atoms with Gasteiger partial charge in [0.2, 0.25) is 5.88 Å². The van der Waals surface area contributed by atoms with E-state index in [0.29, 0.717) is 12.5 Å². The van der Waals surface area contributed by atoms with Gasteiger partial charge in [0, 0.05) is 12.6 Å². The third-order valence-corrected chi connectivity index (χ3v) is 2.83. The van der Waals surface area contributed by atoms with Crippen LogP contribution in [0.3, 0.4) is 0 Å². The second-order valence-corrected chi connectivity index (χ2v) is 4.65. The molecule has 0 aliphatic heterocycles. The van der Waals surface area contributed by atoms with E-state index in [4.69, 9.17) is 4.74 Å². The summed E-state index contributed by atoms with van der Waals surface area (Å²) in [4.78, 5) is 8.64. The topological polar surface area (TPSA) is 47.0 Å². The van der Waals surface area contributed by atoms with Crippen LogP contribution in [0.4, 0.5) is 5.82 Å². The fraction of sp³-hybridized carbons (Fsp3) is 0.375. The number of hydrogen-bond acceptors (Lipinski definition) is 4. The molecule has 0 aliphatic carbocycles. The Morgan fingerprint density at radius 2 is 1.95 bits per heavy atom. The van der Waals surface area contributed by atoms with E-state index in [1.807, 2.05) is 19.1 Å². The molecule has 4 nitrogen and oxygen atoms in total. The molecule has 1 heterocycles. The summed E-state index contributed by atoms with van der Waals surface area (Å²) in [5, 5.41) is 3.32. The predicted molar refractivity (Wildman–Crippen MR) is 81.2 cm³/mol. The molecule has 1 N–H and O–H groups in total. The Balaban J connectivity index is 1.90. The number of benzene rings is 1. The molecule has 0 saturated carbocycles. The molecular weight excluding hydrogens is 250 g/mol. The predicted octanol–water partition coefficient (Wildman–Crippen LogP) is 3.23. The molecule has 0 bridgehead atoms. The molecule has 106 valence electrons. The van der Waals surface area contributed by atoms with Crippen LogP contribution in [0.5, 0.6) is 5.88 Å². The van der Waals surface area contributed by atoms with Crippen molar-refractivity contribution in [3.05, 3.63) is 47.8 Å². The van der Waals surface area contributed by atoms with Gasteiger partial charge in [-0.25, -0.2) is 4.98 Å². The minimum absolute atomic E-state index is 0.640. The van der Waals surface area contributed by atoms with Crippen LogP contribution in [-0.2, 0) is 6.42 Å². The molecule has 0 atom stereocenters. The first-order valence-corrected chi connectivity index (χ1v) is 7.04. The molecule has 0 aliphatic rings. The quantitative estimate of drug-likeness (QED) is 0.840. The minimum atomic E-state index is 0.640. The second kappa shape index (κ2) is 7.48. The van der Waals surface area contributed by atoms with E-state index in [-0.39, 0.29) is 0 Å². The average molecular weight is 271 g/mol. The minimum Gasteiger partial charge on any atom is -0.478 e. The van der Waals surface area contributed by atoms with Gasteiger partial charge < -0.3 is 10.1 Å². The van der Waals surface area contributed by atoms with E-state index in [9.17, 15) is 0 Å². The summed E-state index contributed by atoms with van der Waals surface area (Å²) in [7, 11) is 0. The van der Waals surface area contributed by atoms with Crippen LogP contribution in [0.15, 0.2) is 36.4 Å². The summed E-state index contributed by atoms with van der Waals surface area (Å²) in [6, 6.07) is 12.3. The number of anilines is 1. The van der Waals surface area contributed by atoms with Gasteiger partial charge in [-0.15, -0.1) is 0 Å². The number of ether oxygens (including phenoxy) is 1. The van der Waals surface area contributed by atoms with Crippen LogP contribution in [0.1, 0.15) is 24.7 Å². The molecule has 0 amide bonds. The molecule has 0 unspecified atom stereocenters. The van der Waals surface area contributed by atoms with Crippen molar-refractivity contribution < 1.29 is 4.74 Å². The molecule has 0 saturated heterocycles. The SMILES string of the molecule is CCCOc1cc(NCCc2ccccc2)nc(C)n1. The molecule has 2 rings (SSSR count). The van der Waals surface area contributed by atoms with E-state index in [1.165, 1.54) is 5.56 Å². The highest BCUT2D eigenvalue weighted by atomic mass is 16.5. The lowest BCUT2D eigenvalue weighted by Crippen LogP contribution is -2.08. The summed E-state index contributed by atoms with van der Waals surface area (Å²) in [5.41, 5.74) is 1.31. The Bertz CT molecular complexity index is 529. The third kappa shape index (κ3) is 4.53. The summed E-state index contributed by atoms with van der Waals surface area (Å²) >= 11 is 0. The Morgan fingerprint density at radius 3 is 2.70 bits per heavy atom. The van der Waals surface area contributed by atoms with Gasteiger partial charge in [0.25, 0.3) is 0 Å². The summed E-state index contributed by atoms with van der Waals surface area (Å²) in [6.07, 6.45) is 1.94. The maximum atomic E-state index is 5.55. The third-order valence-electron chi connectivity index (χ3n) is 2.83. The van der Waals surface area contributed by atoms with Crippen LogP contribution in [0, 0.1) is 6.92 Å². The van der Waals surface area contributed by atoms with E-state index < -0.39 is 0 Å². The molecule has 0 radical (unpaired) electrons. The van der Waals surface area contributed by atoms with E-state index in [2.05, 4.69) is 46.5 Å². The number of aromatic nitrogens is 2. The first kappa shape index (κ1) is 14.3. The zero-order valence-corrected chi connectivity index (χ0v) is 12.1. The highest BCUT2D eigenvalue weighted by Crippen LogP contribution is 2.13. The van der Waals surface area contributed by atoms with Crippen molar-refractivity contribution in [3.8, 4) is 5.88 Å². The first-order chi connectivity index (χ1) is 9.78. The van der Waals surface area contributed by atoms with Gasteiger partial charge in [-0.1, -0.05) is 37.3 Å². The summed E-state index contributed by atoms with van der Waals surface area (Å²) in [5.74, 6) is 2.18. The Kier molecular flexibility index (Phi) is 5.35. The molecule has 4 heteroatoms. The lowest BCUT2D eigenvalue weighted by atomic mass is 10.1. The smallest absolute Gasteiger partial charge is 0.218 e. The summed E-state index contributed by atoms with van der Waals surface area (Å²) < 4.78 is 5.55. The van der Waals surface area contributed by atoms with E-state index >= 15 is 0 Å². The van der Waals surface area contributed by atoms with Gasteiger partial charge in [-0.05, 0) is 25.3 Å². The highest BCUT2D eigenvalue weighted by molar-refractivity contribution is 5.38. The van der Waals surface area contributed by atoms with Crippen LogP contribution >= 0.6 is 0 Å². The van der Waals surface area contributed by atoms with Crippen LogP contribution in [-0.4, -0.2) is 23.1 Å². The Hall–Kier alpha value is -2.10. The van der Waals surface area contributed by atoms with Gasteiger partial charge in [-0.3, -0.25) is 0 Å². The van der Waals surface area contributed by atoms with Gasteiger partial charge in [0.15, 0.2) is 0 Å². The Morgan fingerprint density at radius 1 is 1.15 bits per heavy atom.